The molecule has 0 radical (unpaired) electrons. The van der Waals surface area contributed by atoms with E-state index >= 15 is 0 Å². The number of methoxy groups -OCH3 is 1. The maximum absolute atomic E-state index is 13.4. The Morgan fingerprint density at radius 1 is 0.889 bits per heavy atom. The first-order valence-corrected chi connectivity index (χ1v) is 10.2. The van der Waals surface area contributed by atoms with Crippen LogP contribution in [-0.4, -0.2) is 15.5 Å². The minimum atomic E-state index is -3.77. The fourth-order valence-corrected chi connectivity index (χ4v) is 4.67. The van der Waals surface area contributed by atoms with E-state index in [1.54, 1.807) is 73.8 Å². The van der Waals surface area contributed by atoms with E-state index < -0.39 is 16.1 Å². The van der Waals surface area contributed by atoms with Crippen LogP contribution in [0.2, 0.25) is 5.02 Å². The smallest absolute Gasteiger partial charge is 0.264 e. The molecule has 6 heteroatoms. The van der Waals surface area contributed by atoms with Crippen LogP contribution >= 0.6 is 11.6 Å². The Hall–Kier alpha value is -2.50. The molecule has 0 amide bonds. The highest BCUT2D eigenvalue weighted by molar-refractivity contribution is 7.92. The van der Waals surface area contributed by atoms with Crippen molar-refractivity contribution >= 4 is 27.3 Å². The average Bonchev–Trinajstić information content (AvgIpc) is 2.69. The second-order valence-electron chi connectivity index (χ2n) is 6.04. The summed E-state index contributed by atoms with van der Waals surface area (Å²) in [6.45, 7) is 1.86. The van der Waals surface area contributed by atoms with Gasteiger partial charge in [-0.1, -0.05) is 41.9 Å². The van der Waals surface area contributed by atoms with Gasteiger partial charge in [0.05, 0.1) is 23.7 Å². The van der Waals surface area contributed by atoms with E-state index in [0.717, 1.165) is 5.56 Å². The standard InChI is InChI=1S/C21H20ClNO3S/c1-16(17-8-10-18(22)11-9-17)23(19-12-14-20(26-2)15-13-19)27(24,25)21-6-4-3-5-7-21/h3-16H,1-2H3. The number of anilines is 1. The molecule has 0 saturated heterocycles. The number of rotatable bonds is 6. The molecule has 1 atom stereocenters. The van der Waals surface area contributed by atoms with E-state index in [-0.39, 0.29) is 4.90 Å². The number of sulfonamides is 1. The largest absolute Gasteiger partial charge is 0.497 e. The number of ether oxygens (including phenoxy) is 1. The zero-order valence-corrected chi connectivity index (χ0v) is 16.6. The highest BCUT2D eigenvalue weighted by atomic mass is 35.5. The lowest BCUT2D eigenvalue weighted by Gasteiger charge is -2.31. The summed E-state index contributed by atoms with van der Waals surface area (Å²) in [7, 11) is -2.20. The average molecular weight is 402 g/mol. The molecular weight excluding hydrogens is 382 g/mol. The third-order valence-corrected chi connectivity index (χ3v) is 6.50. The van der Waals surface area contributed by atoms with Gasteiger partial charge in [0.15, 0.2) is 0 Å². The van der Waals surface area contributed by atoms with E-state index in [2.05, 4.69) is 0 Å². The highest BCUT2D eigenvalue weighted by Crippen LogP contribution is 2.34. The van der Waals surface area contributed by atoms with Crippen molar-refractivity contribution in [3.63, 3.8) is 0 Å². The summed E-state index contributed by atoms with van der Waals surface area (Å²) in [5, 5.41) is 0.605. The molecule has 0 aliphatic carbocycles. The van der Waals surface area contributed by atoms with Crippen molar-refractivity contribution in [2.45, 2.75) is 17.9 Å². The normalized spacial score (nSPS) is 12.4. The highest BCUT2D eigenvalue weighted by Gasteiger charge is 2.30. The van der Waals surface area contributed by atoms with Gasteiger partial charge in [-0.3, -0.25) is 4.31 Å². The van der Waals surface area contributed by atoms with E-state index in [1.807, 2.05) is 19.1 Å². The molecule has 0 aromatic heterocycles. The van der Waals surface area contributed by atoms with Crippen LogP contribution in [0.3, 0.4) is 0 Å². The summed E-state index contributed by atoms with van der Waals surface area (Å²) in [6, 6.07) is 22.2. The topological polar surface area (TPSA) is 46.6 Å². The van der Waals surface area contributed by atoms with Crippen LogP contribution in [0.15, 0.2) is 83.8 Å². The Kier molecular flexibility index (Phi) is 5.73. The molecule has 0 heterocycles. The van der Waals surface area contributed by atoms with Gasteiger partial charge in [-0.15, -0.1) is 0 Å². The Balaban J connectivity index is 2.12. The Labute approximate surface area is 165 Å². The molecule has 0 aliphatic heterocycles. The van der Waals surface area contributed by atoms with E-state index in [9.17, 15) is 8.42 Å². The fourth-order valence-electron chi connectivity index (χ4n) is 2.88. The maximum Gasteiger partial charge on any atom is 0.264 e. The number of hydrogen-bond acceptors (Lipinski definition) is 3. The summed E-state index contributed by atoms with van der Waals surface area (Å²) in [5.41, 5.74) is 1.40. The molecule has 0 saturated carbocycles. The molecule has 140 valence electrons. The van der Waals surface area contributed by atoms with Crippen LogP contribution in [0.5, 0.6) is 5.75 Å². The summed E-state index contributed by atoms with van der Waals surface area (Å²) in [5.74, 6) is 0.662. The number of halogens is 1. The van der Waals surface area contributed by atoms with Gasteiger partial charge in [0.1, 0.15) is 5.75 Å². The van der Waals surface area contributed by atoms with Gasteiger partial charge in [-0.25, -0.2) is 8.42 Å². The quantitative estimate of drug-likeness (QED) is 0.562. The van der Waals surface area contributed by atoms with Crippen molar-refractivity contribution < 1.29 is 13.2 Å². The first-order chi connectivity index (χ1) is 12.9. The molecule has 3 aromatic rings. The maximum atomic E-state index is 13.4. The molecule has 3 aromatic carbocycles. The zero-order valence-electron chi connectivity index (χ0n) is 15.0. The Morgan fingerprint density at radius 2 is 1.48 bits per heavy atom. The monoisotopic (exact) mass is 401 g/mol. The van der Waals surface area contributed by atoms with Crippen molar-refractivity contribution in [2.24, 2.45) is 0 Å². The third-order valence-electron chi connectivity index (χ3n) is 4.33. The Morgan fingerprint density at radius 3 is 2.04 bits per heavy atom. The van der Waals surface area contributed by atoms with Crippen LogP contribution in [0.4, 0.5) is 5.69 Å². The molecule has 1 unspecified atom stereocenters. The summed E-state index contributed by atoms with van der Waals surface area (Å²) >= 11 is 5.99. The first-order valence-electron chi connectivity index (χ1n) is 8.42. The SMILES string of the molecule is COc1ccc(N(C(C)c2ccc(Cl)cc2)S(=O)(=O)c2ccccc2)cc1. The predicted octanol–water partition coefficient (Wildman–Crippen LogP) is 5.31. The van der Waals surface area contributed by atoms with Crippen LogP contribution in [-0.2, 0) is 10.0 Å². The number of nitrogens with zero attached hydrogens (tertiary/aromatic N) is 1. The summed E-state index contributed by atoms with van der Waals surface area (Å²) < 4.78 is 33.5. The minimum Gasteiger partial charge on any atom is -0.497 e. The van der Waals surface area contributed by atoms with Crippen LogP contribution in [0, 0.1) is 0 Å². The van der Waals surface area contributed by atoms with Gasteiger partial charge < -0.3 is 4.74 Å². The van der Waals surface area contributed by atoms with Crippen molar-refractivity contribution in [1.29, 1.82) is 0 Å². The van der Waals surface area contributed by atoms with Crippen molar-refractivity contribution in [1.82, 2.24) is 0 Å². The molecular formula is C21H20ClNO3S. The fraction of sp³-hybridized carbons (Fsp3) is 0.143. The number of benzene rings is 3. The molecule has 0 fully saturated rings. The molecule has 3 rings (SSSR count). The van der Waals surface area contributed by atoms with Crippen LogP contribution < -0.4 is 9.04 Å². The lowest BCUT2D eigenvalue weighted by atomic mass is 10.1. The van der Waals surface area contributed by atoms with Crippen LogP contribution in [0.1, 0.15) is 18.5 Å². The Bertz CT molecular complexity index is 988. The molecule has 0 N–H and O–H groups in total. The van der Waals surface area contributed by atoms with Gasteiger partial charge in [-0.05, 0) is 61.0 Å². The molecule has 0 spiro atoms. The summed E-state index contributed by atoms with van der Waals surface area (Å²) in [6.07, 6.45) is 0. The van der Waals surface area contributed by atoms with Crippen molar-refractivity contribution in [3.8, 4) is 5.75 Å². The molecule has 27 heavy (non-hydrogen) atoms. The third kappa shape index (κ3) is 4.10. The van der Waals surface area contributed by atoms with Crippen molar-refractivity contribution in [3.05, 3.63) is 89.4 Å². The van der Waals surface area contributed by atoms with Crippen molar-refractivity contribution in [2.75, 3.05) is 11.4 Å². The lowest BCUT2D eigenvalue weighted by Crippen LogP contribution is -2.33. The predicted molar refractivity (Wildman–Crippen MR) is 109 cm³/mol. The van der Waals surface area contributed by atoms with E-state index in [4.69, 9.17) is 16.3 Å². The van der Waals surface area contributed by atoms with Gasteiger partial charge in [0.2, 0.25) is 0 Å². The van der Waals surface area contributed by atoms with Gasteiger partial charge >= 0.3 is 0 Å². The van der Waals surface area contributed by atoms with Gasteiger partial charge in [0.25, 0.3) is 10.0 Å². The van der Waals surface area contributed by atoms with Gasteiger partial charge in [0, 0.05) is 5.02 Å². The summed E-state index contributed by atoms with van der Waals surface area (Å²) in [4.78, 5) is 0.238. The second kappa shape index (κ2) is 8.03. The number of hydrogen-bond donors (Lipinski definition) is 0. The molecule has 4 nitrogen and oxygen atoms in total. The van der Waals surface area contributed by atoms with Gasteiger partial charge in [-0.2, -0.15) is 0 Å². The van der Waals surface area contributed by atoms with E-state index in [0.29, 0.717) is 16.5 Å². The minimum absolute atomic E-state index is 0.238. The lowest BCUT2D eigenvalue weighted by molar-refractivity contribution is 0.415. The second-order valence-corrected chi connectivity index (χ2v) is 8.29. The molecule has 0 aliphatic rings. The van der Waals surface area contributed by atoms with Crippen LogP contribution in [0.25, 0.3) is 0 Å². The molecule has 0 bridgehead atoms. The first kappa shape index (κ1) is 19.3. The van der Waals surface area contributed by atoms with E-state index in [1.165, 1.54) is 4.31 Å². The zero-order chi connectivity index (χ0) is 19.4.